The number of nitro benzene ring substituents is 1. The van der Waals surface area contributed by atoms with Crippen molar-refractivity contribution in [3.05, 3.63) is 62.7 Å². The van der Waals surface area contributed by atoms with E-state index in [1.807, 2.05) is 0 Å². The number of hydrogen-bond acceptors (Lipinski definition) is 6. The molecule has 8 nitrogen and oxygen atoms in total. The number of amides is 1. The monoisotopic (exact) mass is 377 g/mol. The molecule has 0 spiro atoms. The molecule has 1 N–H and O–H groups in total. The number of nitro groups is 1. The molecule has 26 heavy (non-hydrogen) atoms. The summed E-state index contributed by atoms with van der Waals surface area (Å²) in [5.74, 6) is -0.0154. The lowest BCUT2D eigenvalue weighted by molar-refractivity contribution is -0.385. The van der Waals surface area contributed by atoms with E-state index in [-0.39, 0.29) is 11.4 Å². The summed E-state index contributed by atoms with van der Waals surface area (Å²) in [6.45, 7) is 1.31. The van der Waals surface area contributed by atoms with Gasteiger partial charge in [-0.1, -0.05) is 17.7 Å². The summed E-state index contributed by atoms with van der Waals surface area (Å²) in [7, 11) is 1.51. The van der Waals surface area contributed by atoms with Crippen LogP contribution in [0.3, 0.4) is 0 Å². The van der Waals surface area contributed by atoms with Crippen molar-refractivity contribution >= 4 is 29.4 Å². The van der Waals surface area contributed by atoms with Gasteiger partial charge in [0.2, 0.25) is 0 Å². The minimum atomic E-state index is -0.564. The van der Waals surface area contributed by atoms with Gasteiger partial charge in [0.1, 0.15) is 5.75 Å². The van der Waals surface area contributed by atoms with Crippen LogP contribution in [0.15, 0.2) is 41.5 Å². The predicted molar refractivity (Wildman–Crippen MR) is 97.1 cm³/mol. The minimum absolute atomic E-state index is 0.0154. The van der Waals surface area contributed by atoms with Crippen LogP contribution in [0.2, 0.25) is 5.02 Å². The van der Waals surface area contributed by atoms with Crippen molar-refractivity contribution in [2.24, 2.45) is 5.10 Å². The lowest BCUT2D eigenvalue weighted by Gasteiger charge is -2.06. The molecule has 0 aliphatic carbocycles. The Bertz CT molecular complexity index is 854. The van der Waals surface area contributed by atoms with Gasteiger partial charge in [0.25, 0.3) is 5.91 Å². The minimum Gasteiger partial charge on any atom is -0.495 e. The fraction of sp³-hybridized carbons (Fsp3) is 0.176. The number of hydrogen-bond donors (Lipinski definition) is 1. The third-order valence-corrected chi connectivity index (χ3v) is 3.54. The van der Waals surface area contributed by atoms with E-state index in [9.17, 15) is 14.9 Å². The van der Waals surface area contributed by atoms with Gasteiger partial charge in [0.05, 0.1) is 23.3 Å². The SMILES string of the molecule is COc1ccc(C=NNC(=O)COc2ccc(C)cc2[N+](=O)[O-])cc1Cl. The Morgan fingerprint density at radius 1 is 1.31 bits per heavy atom. The van der Waals surface area contributed by atoms with Crippen LogP contribution in [0, 0.1) is 17.0 Å². The second kappa shape index (κ2) is 8.82. The molecule has 0 fully saturated rings. The average Bonchev–Trinajstić information content (AvgIpc) is 2.60. The van der Waals surface area contributed by atoms with E-state index in [1.54, 1.807) is 31.2 Å². The highest BCUT2D eigenvalue weighted by Gasteiger charge is 2.16. The molecule has 0 aliphatic heterocycles. The molecule has 0 saturated heterocycles. The quantitative estimate of drug-likeness (QED) is 0.453. The van der Waals surface area contributed by atoms with Gasteiger partial charge in [0.15, 0.2) is 12.4 Å². The molecule has 0 radical (unpaired) electrons. The number of ether oxygens (including phenoxy) is 2. The number of carbonyl (C=O) groups excluding carboxylic acids is 1. The van der Waals surface area contributed by atoms with Crippen LogP contribution in [0.1, 0.15) is 11.1 Å². The highest BCUT2D eigenvalue weighted by atomic mass is 35.5. The number of methoxy groups -OCH3 is 1. The zero-order chi connectivity index (χ0) is 19.1. The van der Waals surface area contributed by atoms with E-state index >= 15 is 0 Å². The highest BCUT2D eigenvalue weighted by molar-refractivity contribution is 6.32. The molecule has 0 atom stereocenters. The van der Waals surface area contributed by atoms with Crippen LogP contribution in [0.4, 0.5) is 5.69 Å². The van der Waals surface area contributed by atoms with Crippen LogP contribution in [0.5, 0.6) is 11.5 Å². The van der Waals surface area contributed by atoms with E-state index in [0.29, 0.717) is 16.3 Å². The maximum absolute atomic E-state index is 11.8. The lowest BCUT2D eigenvalue weighted by Crippen LogP contribution is -2.24. The van der Waals surface area contributed by atoms with Crippen LogP contribution in [0.25, 0.3) is 0 Å². The number of aryl methyl sites for hydroxylation is 1. The summed E-state index contributed by atoms with van der Waals surface area (Å²) < 4.78 is 10.2. The van der Waals surface area contributed by atoms with Crippen molar-refractivity contribution in [2.75, 3.05) is 13.7 Å². The zero-order valence-corrected chi connectivity index (χ0v) is 14.8. The molecule has 136 valence electrons. The van der Waals surface area contributed by atoms with Crippen molar-refractivity contribution in [1.29, 1.82) is 0 Å². The standard InChI is InChI=1S/C17H16ClN3O5/c1-11-3-5-16(14(7-11)21(23)24)26-10-17(22)20-19-9-12-4-6-15(25-2)13(18)8-12/h3-9H,10H2,1-2H3,(H,20,22). The maximum Gasteiger partial charge on any atom is 0.311 e. The van der Waals surface area contributed by atoms with Gasteiger partial charge in [-0.05, 0) is 42.3 Å². The van der Waals surface area contributed by atoms with E-state index in [2.05, 4.69) is 10.5 Å². The third-order valence-electron chi connectivity index (χ3n) is 3.25. The smallest absolute Gasteiger partial charge is 0.311 e. The predicted octanol–water partition coefficient (Wildman–Crippen LogP) is 3.09. The molecule has 0 aromatic heterocycles. The number of nitrogens with one attached hydrogen (secondary N) is 1. The van der Waals surface area contributed by atoms with Gasteiger partial charge in [-0.2, -0.15) is 5.10 Å². The maximum atomic E-state index is 11.8. The van der Waals surface area contributed by atoms with E-state index in [0.717, 1.165) is 5.56 Å². The molecular formula is C17H16ClN3O5. The molecular weight excluding hydrogens is 362 g/mol. The number of halogens is 1. The Morgan fingerprint density at radius 2 is 2.04 bits per heavy atom. The van der Waals surface area contributed by atoms with E-state index < -0.39 is 17.4 Å². The molecule has 2 rings (SSSR count). The Balaban J connectivity index is 1.91. The first-order valence-corrected chi connectivity index (χ1v) is 7.82. The van der Waals surface area contributed by atoms with Crippen molar-refractivity contribution in [1.82, 2.24) is 5.43 Å². The van der Waals surface area contributed by atoms with Crippen molar-refractivity contribution < 1.29 is 19.2 Å². The first-order valence-electron chi connectivity index (χ1n) is 7.44. The number of rotatable bonds is 7. The second-order valence-corrected chi connectivity index (χ2v) is 5.61. The Hall–Kier alpha value is -3.13. The number of carbonyl (C=O) groups is 1. The second-order valence-electron chi connectivity index (χ2n) is 5.20. The molecule has 2 aromatic carbocycles. The molecule has 2 aromatic rings. The van der Waals surface area contributed by atoms with Crippen LogP contribution in [-0.2, 0) is 4.79 Å². The summed E-state index contributed by atoms with van der Waals surface area (Å²) in [5, 5.41) is 15.2. The van der Waals surface area contributed by atoms with Crippen molar-refractivity contribution in [2.45, 2.75) is 6.92 Å². The Morgan fingerprint density at radius 3 is 2.69 bits per heavy atom. The number of nitrogens with zero attached hydrogens (tertiary/aromatic N) is 2. The molecule has 9 heteroatoms. The van der Waals surface area contributed by atoms with Gasteiger partial charge in [-0.25, -0.2) is 5.43 Å². The first kappa shape index (κ1) is 19.2. The van der Waals surface area contributed by atoms with Crippen molar-refractivity contribution in [3.8, 4) is 11.5 Å². The van der Waals surface area contributed by atoms with Crippen molar-refractivity contribution in [3.63, 3.8) is 0 Å². The van der Waals surface area contributed by atoms with Gasteiger partial charge >= 0.3 is 5.69 Å². The normalized spacial score (nSPS) is 10.6. The fourth-order valence-electron chi connectivity index (χ4n) is 2.01. The summed E-state index contributed by atoms with van der Waals surface area (Å²) >= 11 is 5.99. The molecule has 0 aliphatic rings. The summed E-state index contributed by atoms with van der Waals surface area (Å²) in [4.78, 5) is 22.2. The Kier molecular flexibility index (Phi) is 6.51. The van der Waals surface area contributed by atoms with Crippen LogP contribution < -0.4 is 14.9 Å². The first-order chi connectivity index (χ1) is 12.4. The summed E-state index contributed by atoms with van der Waals surface area (Å²) in [6.07, 6.45) is 1.40. The number of hydrazone groups is 1. The molecule has 0 bridgehead atoms. The van der Waals surface area contributed by atoms with E-state index in [1.165, 1.54) is 25.5 Å². The average molecular weight is 378 g/mol. The third kappa shape index (κ3) is 5.18. The van der Waals surface area contributed by atoms with E-state index in [4.69, 9.17) is 21.1 Å². The van der Waals surface area contributed by atoms with Gasteiger partial charge in [-0.15, -0.1) is 0 Å². The number of benzene rings is 2. The van der Waals surface area contributed by atoms with Crippen LogP contribution in [-0.4, -0.2) is 30.8 Å². The van der Waals surface area contributed by atoms with Gasteiger partial charge in [0, 0.05) is 6.07 Å². The molecule has 0 heterocycles. The van der Waals surface area contributed by atoms with Gasteiger partial charge < -0.3 is 9.47 Å². The summed E-state index contributed by atoms with van der Waals surface area (Å²) in [5.41, 5.74) is 3.45. The van der Waals surface area contributed by atoms with Gasteiger partial charge in [-0.3, -0.25) is 14.9 Å². The topological polar surface area (TPSA) is 103 Å². The lowest BCUT2D eigenvalue weighted by atomic mass is 10.2. The fourth-order valence-corrected chi connectivity index (χ4v) is 2.28. The zero-order valence-electron chi connectivity index (χ0n) is 14.1. The summed E-state index contributed by atoms with van der Waals surface area (Å²) in [6, 6.07) is 9.49. The van der Waals surface area contributed by atoms with Crippen LogP contribution >= 0.6 is 11.6 Å². The molecule has 1 amide bonds. The molecule has 0 unspecified atom stereocenters. The Labute approximate surface area is 154 Å². The molecule has 0 saturated carbocycles. The highest BCUT2D eigenvalue weighted by Crippen LogP contribution is 2.27. The largest absolute Gasteiger partial charge is 0.495 e.